The Labute approximate surface area is 60.9 Å². The average Bonchev–Trinajstić information content (AvgIpc) is 2.27. The molecule has 0 atom stereocenters. The minimum atomic E-state index is 1.16. The van der Waals surface area contributed by atoms with Gasteiger partial charge in [-0.3, -0.25) is 0 Å². The van der Waals surface area contributed by atoms with E-state index in [1.54, 1.807) is 0 Å². The van der Waals surface area contributed by atoms with Crippen LogP contribution in [0.5, 0.6) is 0 Å². The van der Waals surface area contributed by atoms with Crippen LogP contribution in [0.3, 0.4) is 0 Å². The van der Waals surface area contributed by atoms with E-state index >= 15 is 0 Å². The third kappa shape index (κ3) is 0.838. The second kappa shape index (κ2) is 2.11. The number of rotatable bonds is 0. The molecule has 1 aliphatic rings. The summed E-state index contributed by atoms with van der Waals surface area (Å²) in [6, 6.07) is 0. The first-order valence-electron chi connectivity index (χ1n) is 3.89. The number of aryl methyl sites for hydroxylation is 3. The second-order valence-corrected chi connectivity index (χ2v) is 2.95. The van der Waals surface area contributed by atoms with E-state index in [1.807, 2.05) is 0 Å². The first kappa shape index (κ1) is 5.96. The van der Waals surface area contributed by atoms with Gasteiger partial charge >= 0.3 is 0 Å². The maximum Gasteiger partial charge on any atom is 0.108 e. The molecule has 0 aromatic carbocycles. The summed E-state index contributed by atoms with van der Waals surface area (Å²) in [7, 11) is 0. The van der Waals surface area contributed by atoms with Crippen molar-refractivity contribution in [3.8, 4) is 0 Å². The number of hydrogen-bond acceptors (Lipinski definition) is 1. The van der Waals surface area contributed by atoms with E-state index < -0.39 is 0 Å². The van der Waals surface area contributed by atoms with E-state index in [0.717, 1.165) is 5.69 Å². The lowest BCUT2D eigenvalue weighted by molar-refractivity contribution is 0.522. The van der Waals surface area contributed by atoms with Gasteiger partial charge in [-0.2, -0.15) is 0 Å². The van der Waals surface area contributed by atoms with Gasteiger partial charge in [0.25, 0.3) is 0 Å². The highest BCUT2D eigenvalue weighted by atomic mass is 15.1. The van der Waals surface area contributed by atoms with Crippen LogP contribution in [0.1, 0.15) is 24.4 Å². The van der Waals surface area contributed by atoms with Crippen LogP contribution in [-0.2, 0) is 13.0 Å². The monoisotopic (exact) mass is 136 g/mol. The fourth-order valence-electron chi connectivity index (χ4n) is 1.56. The zero-order chi connectivity index (χ0) is 6.97. The van der Waals surface area contributed by atoms with Gasteiger partial charge in [-0.15, -0.1) is 0 Å². The number of imidazole rings is 1. The smallest absolute Gasteiger partial charge is 0.108 e. The highest BCUT2D eigenvalue weighted by molar-refractivity contribution is 5.03. The molecule has 0 N–H and O–H groups in total. The molecule has 0 spiro atoms. The standard InChI is InChI=1S/C8H12N2/c1-7-6-10-5-3-2-4-8(10)9-7/h6H,2-5H2,1H3. The van der Waals surface area contributed by atoms with Crippen molar-refractivity contribution >= 4 is 0 Å². The molecular weight excluding hydrogens is 124 g/mol. The molecule has 0 aliphatic carbocycles. The van der Waals surface area contributed by atoms with Gasteiger partial charge in [0.2, 0.25) is 0 Å². The summed E-state index contributed by atoms with van der Waals surface area (Å²) < 4.78 is 2.28. The van der Waals surface area contributed by atoms with E-state index in [1.165, 1.54) is 31.6 Å². The van der Waals surface area contributed by atoms with Gasteiger partial charge in [-0.1, -0.05) is 0 Å². The Morgan fingerprint density at radius 1 is 1.50 bits per heavy atom. The van der Waals surface area contributed by atoms with Crippen LogP contribution >= 0.6 is 0 Å². The van der Waals surface area contributed by atoms with Crippen molar-refractivity contribution in [3.05, 3.63) is 17.7 Å². The number of aromatic nitrogens is 2. The third-order valence-electron chi connectivity index (χ3n) is 2.03. The summed E-state index contributed by atoms with van der Waals surface area (Å²) in [5.41, 5.74) is 1.16. The summed E-state index contributed by atoms with van der Waals surface area (Å²) >= 11 is 0. The van der Waals surface area contributed by atoms with Crippen LogP contribution in [0.2, 0.25) is 0 Å². The molecule has 54 valence electrons. The zero-order valence-electron chi connectivity index (χ0n) is 6.30. The molecule has 0 bridgehead atoms. The summed E-state index contributed by atoms with van der Waals surface area (Å²) in [6.07, 6.45) is 5.96. The van der Waals surface area contributed by atoms with Crippen LogP contribution in [0.25, 0.3) is 0 Å². The molecule has 0 radical (unpaired) electrons. The van der Waals surface area contributed by atoms with E-state index in [4.69, 9.17) is 0 Å². The van der Waals surface area contributed by atoms with E-state index in [0.29, 0.717) is 0 Å². The molecule has 0 fully saturated rings. The van der Waals surface area contributed by atoms with Gasteiger partial charge in [0.1, 0.15) is 5.82 Å². The first-order chi connectivity index (χ1) is 4.86. The Bertz CT molecular complexity index is 214. The van der Waals surface area contributed by atoms with Gasteiger partial charge in [-0.05, 0) is 19.8 Å². The molecule has 1 aliphatic heterocycles. The summed E-state index contributed by atoms with van der Waals surface area (Å²) in [4.78, 5) is 4.41. The topological polar surface area (TPSA) is 17.8 Å². The van der Waals surface area contributed by atoms with Crippen molar-refractivity contribution < 1.29 is 0 Å². The largest absolute Gasteiger partial charge is 0.335 e. The highest BCUT2D eigenvalue weighted by Gasteiger charge is 2.09. The molecule has 0 unspecified atom stereocenters. The van der Waals surface area contributed by atoms with Crippen molar-refractivity contribution in [2.75, 3.05) is 0 Å². The van der Waals surface area contributed by atoms with Gasteiger partial charge in [-0.25, -0.2) is 4.98 Å². The lowest BCUT2D eigenvalue weighted by atomic mass is 10.2. The van der Waals surface area contributed by atoms with Gasteiger partial charge < -0.3 is 4.57 Å². The van der Waals surface area contributed by atoms with Gasteiger partial charge in [0.15, 0.2) is 0 Å². The Kier molecular flexibility index (Phi) is 1.26. The van der Waals surface area contributed by atoms with E-state index in [-0.39, 0.29) is 0 Å². The normalized spacial score (nSPS) is 16.9. The molecule has 0 saturated heterocycles. The Morgan fingerprint density at radius 2 is 2.40 bits per heavy atom. The molecule has 1 aromatic rings. The van der Waals surface area contributed by atoms with Crippen molar-refractivity contribution in [3.63, 3.8) is 0 Å². The quantitative estimate of drug-likeness (QED) is 0.529. The molecule has 10 heavy (non-hydrogen) atoms. The van der Waals surface area contributed by atoms with E-state index in [2.05, 4.69) is 22.7 Å². The number of fused-ring (bicyclic) bond motifs is 1. The molecule has 2 heteroatoms. The fraction of sp³-hybridized carbons (Fsp3) is 0.625. The molecule has 2 heterocycles. The zero-order valence-corrected chi connectivity index (χ0v) is 6.30. The van der Waals surface area contributed by atoms with Crippen molar-refractivity contribution in [1.82, 2.24) is 9.55 Å². The average molecular weight is 136 g/mol. The maximum absolute atomic E-state index is 4.41. The van der Waals surface area contributed by atoms with Gasteiger partial charge in [0.05, 0.1) is 5.69 Å². The molecule has 0 saturated carbocycles. The van der Waals surface area contributed by atoms with Crippen LogP contribution in [-0.4, -0.2) is 9.55 Å². The number of nitrogens with zero attached hydrogens (tertiary/aromatic N) is 2. The predicted molar refractivity (Wildman–Crippen MR) is 39.9 cm³/mol. The molecule has 1 aromatic heterocycles. The summed E-state index contributed by atoms with van der Waals surface area (Å²) in [5, 5.41) is 0. The van der Waals surface area contributed by atoms with Gasteiger partial charge in [0, 0.05) is 19.2 Å². The maximum atomic E-state index is 4.41. The molecule has 2 nitrogen and oxygen atoms in total. The summed E-state index contributed by atoms with van der Waals surface area (Å²) in [5.74, 6) is 1.28. The van der Waals surface area contributed by atoms with E-state index in [9.17, 15) is 0 Å². The van der Waals surface area contributed by atoms with Crippen molar-refractivity contribution in [1.29, 1.82) is 0 Å². The van der Waals surface area contributed by atoms with Crippen LogP contribution < -0.4 is 0 Å². The van der Waals surface area contributed by atoms with Crippen LogP contribution in [0.15, 0.2) is 6.20 Å². The second-order valence-electron chi connectivity index (χ2n) is 2.95. The van der Waals surface area contributed by atoms with Crippen LogP contribution in [0.4, 0.5) is 0 Å². The minimum Gasteiger partial charge on any atom is -0.335 e. The van der Waals surface area contributed by atoms with Crippen molar-refractivity contribution in [2.45, 2.75) is 32.7 Å². The lowest BCUT2D eigenvalue weighted by Crippen LogP contribution is -2.08. The highest BCUT2D eigenvalue weighted by Crippen LogP contribution is 2.13. The molecular formula is C8H12N2. The Balaban J connectivity index is 2.41. The lowest BCUT2D eigenvalue weighted by Gasteiger charge is -2.11. The minimum absolute atomic E-state index is 1.16. The number of hydrogen-bond donors (Lipinski definition) is 0. The third-order valence-corrected chi connectivity index (χ3v) is 2.03. The van der Waals surface area contributed by atoms with Crippen molar-refractivity contribution in [2.24, 2.45) is 0 Å². The predicted octanol–water partition coefficient (Wildman–Crippen LogP) is 1.53. The molecule has 0 amide bonds. The summed E-state index contributed by atoms with van der Waals surface area (Å²) in [6.45, 7) is 3.24. The SMILES string of the molecule is Cc1cn2c(n1)CCCC2. The molecule has 2 rings (SSSR count). The Morgan fingerprint density at radius 3 is 3.20 bits per heavy atom. The van der Waals surface area contributed by atoms with Crippen LogP contribution in [0, 0.1) is 6.92 Å². The Hall–Kier alpha value is -0.790. The fourth-order valence-corrected chi connectivity index (χ4v) is 1.56. The first-order valence-corrected chi connectivity index (χ1v) is 3.89.